The SMILES string of the molecule is COc1cc(C(=O)N[C@H]2C[C@H](C(=O)N3CCCN(C)CC3)C[C@@H]2O)ccn1. The molecule has 1 saturated heterocycles. The van der Waals surface area contributed by atoms with Crippen molar-refractivity contribution in [1.82, 2.24) is 20.1 Å². The van der Waals surface area contributed by atoms with E-state index in [1.54, 1.807) is 12.1 Å². The summed E-state index contributed by atoms with van der Waals surface area (Å²) in [7, 11) is 3.55. The number of ether oxygens (including phenoxy) is 1. The van der Waals surface area contributed by atoms with Gasteiger partial charge in [-0.1, -0.05) is 0 Å². The Morgan fingerprint density at radius 2 is 2.07 bits per heavy atom. The van der Waals surface area contributed by atoms with Crippen LogP contribution in [0, 0.1) is 5.92 Å². The number of carbonyl (C=O) groups is 2. The predicted octanol–water partition coefficient (Wildman–Crippen LogP) is 0.124. The van der Waals surface area contributed by atoms with Gasteiger partial charge < -0.3 is 25.0 Å². The number of aromatic nitrogens is 1. The molecule has 2 N–H and O–H groups in total. The molecule has 2 heterocycles. The first kappa shape index (κ1) is 19.6. The number of hydrogen-bond donors (Lipinski definition) is 2. The number of likely N-dealkylation sites (N-methyl/N-ethyl adjacent to an activating group) is 1. The van der Waals surface area contributed by atoms with Gasteiger partial charge >= 0.3 is 0 Å². The second-order valence-electron chi connectivity index (χ2n) is 7.38. The number of aliphatic hydroxyl groups excluding tert-OH is 1. The molecule has 1 saturated carbocycles. The molecule has 0 spiro atoms. The van der Waals surface area contributed by atoms with E-state index >= 15 is 0 Å². The van der Waals surface area contributed by atoms with Gasteiger partial charge in [0, 0.05) is 43.4 Å². The zero-order valence-electron chi connectivity index (χ0n) is 15.9. The highest BCUT2D eigenvalue weighted by Crippen LogP contribution is 2.28. The van der Waals surface area contributed by atoms with E-state index in [4.69, 9.17) is 4.74 Å². The molecule has 8 heteroatoms. The summed E-state index contributed by atoms with van der Waals surface area (Å²) in [5, 5.41) is 13.2. The van der Waals surface area contributed by atoms with Gasteiger partial charge in [0.15, 0.2) is 0 Å². The number of pyridine rings is 1. The van der Waals surface area contributed by atoms with Crippen LogP contribution in [0.1, 0.15) is 29.6 Å². The summed E-state index contributed by atoms with van der Waals surface area (Å²) in [5.74, 6) is -0.106. The van der Waals surface area contributed by atoms with Crippen LogP contribution in [0.3, 0.4) is 0 Å². The maximum Gasteiger partial charge on any atom is 0.251 e. The largest absolute Gasteiger partial charge is 0.481 e. The van der Waals surface area contributed by atoms with Crippen molar-refractivity contribution in [2.75, 3.05) is 40.3 Å². The van der Waals surface area contributed by atoms with Crippen molar-refractivity contribution in [3.63, 3.8) is 0 Å². The minimum atomic E-state index is -0.721. The molecule has 0 aromatic carbocycles. The predicted molar refractivity (Wildman–Crippen MR) is 99.5 cm³/mol. The molecule has 1 aliphatic carbocycles. The highest BCUT2D eigenvalue weighted by molar-refractivity contribution is 5.94. The number of hydrogen-bond acceptors (Lipinski definition) is 6. The van der Waals surface area contributed by atoms with Gasteiger partial charge in [-0.15, -0.1) is 0 Å². The van der Waals surface area contributed by atoms with E-state index in [0.29, 0.717) is 24.3 Å². The highest BCUT2D eigenvalue weighted by Gasteiger charge is 2.39. The lowest BCUT2D eigenvalue weighted by Crippen LogP contribution is -2.40. The fourth-order valence-corrected chi connectivity index (χ4v) is 3.81. The standard InChI is InChI=1S/C19H28N4O4/c1-22-6-3-7-23(9-8-22)19(26)14-10-15(16(24)11-14)21-18(25)13-4-5-20-17(12-13)27-2/h4-5,12,14-16,24H,3,6-11H2,1-2H3,(H,21,25)/t14-,15-,16-/m0/s1. The third kappa shape index (κ3) is 4.75. The van der Waals surface area contributed by atoms with Crippen molar-refractivity contribution in [1.29, 1.82) is 0 Å². The van der Waals surface area contributed by atoms with E-state index in [0.717, 1.165) is 32.6 Å². The van der Waals surface area contributed by atoms with Crippen LogP contribution >= 0.6 is 0 Å². The quantitative estimate of drug-likeness (QED) is 0.775. The summed E-state index contributed by atoms with van der Waals surface area (Å²) in [4.78, 5) is 33.4. The number of nitrogens with one attached hydrogen (secondary N) is 1. The van der Waals surface area contributed by atoms with Gasteiger partial charge in [0.05, 0.1) is 19.3 Å². The van der Waals surface area contributed by atoms with Gasteiger partial charge in [-0.05, 0) is 38.9 Å². The van der Waals surface area contributed by atoms with Crippen molar-refractivity contribution < 1.29 is 19.4 Å². The Morgan fingerprint density at radius 3 is 2.85 bits per heavy atom. The van der Waals surface area contributed by atoms with Crippen LogP contribution in [-0.4, -0.2) is 84.2 Å². The van der Waals surface area contributed by atoms with E-state index in [1.807, 2.05) is 4.90 Å². The zero-order chi connectivity index (χ0) is 19.4. The van der Waals surface area contributed by atoms with E-state index in [1.165, 1.54) is 13.3 Å². The molecule has 3 rings (SSSR count). The smallest absolute Gasteiger partial charge is 0.251 e. The van der Waals surface area contributed by atoms with Crippen LogP contribution in [0.2, 0.25) is 0 Å². The normalized spacial score (nSPS) is 26.5. The number of nitrogens with zero attached hydrogens (tertiary/aromatic N) is 3. The fourth-order valence-electron chi connectivity index (χ4n) is 3.81. The van der Waals surface area contributed by atoms with E-state index < -0.39 is 12.1 Å². The van der Waals surface area contributed by atoms with Crippen molar-refractivity contribution >= 4 is 11.8 Å². The molecule has 2 aliphatic rings. The number of rotatable bonds is 4. The van der Waals surface area contributed by atoms with Crippen LogP contribution < -0.4 is 10.1 Å². The summed E-state index contributed by atoms with van der Waals surface area (Å²) in [6, 6.07) is 2.71. The average molecular weight is 376 g/mol. The molecule has 1 aromatic rings. The first-order chi connectivity index (χ1) is 13.0. The molecule has 0 unspecified atom stereocenters. The first-order valence-electron chi connectivity index (χ1n) is 9.44. The Morgan fingerprint density at radius 1 is 1.26 bits per heavy atom. The van der Waals surface area contributed by atoms with Gasteiger partial charge in [0.2, 0.25) is 11.8 Å². The lowest BCUT2D eigenvalue weighted by atomic mass is 10.1. The summed E-state index contributed by atoms with van der Waals surface area (Å²) >= 11 is 0. The molecule has 2 fully saturated rings. The molecule has 0 radical (unpaired) electrons. The van der Waals surface area contributed by atoms with Gasteiger partial charge in [0.25, 0.3) is 5.91 Å². The molecule has 3 atom stereocenters. The first-order valence-corrected chi connectivity index (χ1v) is 9.44. The van der Waals surface area contributed by atoms with Crippen LogP contribution in [0.4, 0.5) is 0 Å². The zero-order valence-corrected chi connectivity index (χ0v) is 15.9. The van der Waals surface area contributed by atoms with Crippen LogP contribution in [0.25, 0.3) is 0 Å². The Kier molecular flexibility index (Phi) is 6.28. The molecular formula is C19H28N4O4. The maximum atomic E-state index is 12.8. The van der Waals surface area contributed by atoms with Crippen LogP contribution in [-0.2, 0) is 4.79 Å². The van der Waals surface area contributed by atoms with Crippen molar-refractivity contribution in [3.8, 4) is 5.88 Å². The molecule has 27 heavy (non-hydrogen) atoms. The average Bonchev–Trinajstić information content (AvgIpc) is 2.89. The topological polar surface area (TPSA) is 95.0 Å². The molecule has 148 valence electrons. The molecule has 1 aromatic heterocycles. The number of aliphatic hydroxyl groups is 1. The third-order valence-corrected chi connectivity index (χ3v) is 5.43. The minimum Gasteiger partial charge on any atom is -0.481 e. The van der Waals surface area contributed by atoms with Crippen molar-refractivity contribution in [2.24, 2.45) is 5.92 Å². The lowest BCUT2D eigenvalue weighted by Gasteiger charge is -2.24. The van der Waals surface area contributed by atoms with Crippen LogP contribution in [0.5, 0.6) is 5.88 Å². The fraction of sp³-hybridized carbons (Fsp3) is 0.632. The monoisotopic (exact) mass is 376 g/mol. The Labute approximate surface area is 159 Å². The minimum absolute atomic E-state index is 0.0895. The lowest BCUT2D eigenvalue weighted by molar-refractivity contribution is -0.135. The van der Waals surface area contributed by atoms with E-state index in [2.05, 4.69) is 22.2 Å². The van der Waals surface area contributed by atoms with E-state index in [9.17, 15) is 14.7 Å². The maximum absolute atomic E-state index is 12.8. The second-order valence-corrected chi connectivity index (χ2v) is 7.38. The van der Waals surface area contributed by atoms with Crippen molar-refractivity contribution in [2.45, 2.75) is 31.4 Å². The summed E-state index contributed by atoms with van der Waals surface area (Å²) in [6.07, 6.45) is 2.58. The molecule has 2 amide bonds. The number of methoxy groups -OCH3 is 1. The third-order valence-electron chi connectivity index (χ3n) is 5.43. The summed E-state index contributed by atoms with van der Waals surface area (Å²) in [6.45, 7) is 3.33. The van der Waals surface area contributed by atoms with Gasteiger partial charge in [0.1, 0.15) is 0 Å². The van der Waals surface area contributed by atoms with Crippen molar-refractivity contribution in [3.05, 3.63) is 23.9 Å². The van der Waals surface area contributed by atoms with E-state index in [-0.39, 0.29) is 17.7 Å². The Hall–Kier alpha value is -2.19. The van der Waals surface area contributed by atoms with Gasteiger partial charge in [-0.2, -0.15) is 0 Å². The number of carbonyl (C=O) groups excluding carboxylic acids is 2. The number of amides is 2. The molecule has 0 bridgehead atoms. The second kappa shape index (κ2) is 8.67. The Bertz CT molecular complexity index is 683. The van der Waals surface area contributed by atoms with Gasteiger partial charge in [-0.25, -0.2) is 4.98 Å². The summed E-state index contributed by atoms with van der Waals surface area (Å²) in [5.41, 5.74) is 0.416. The molecule has 1 aliphatic heterocycles. The summed E-state index contributed by atoms with van der Waals surface area (Å²) < 4.78 is 5.04. The molecular weight excluding hydrogens is 348 g/mol. The van der Waals surface area contributed by atoms with Crippen LogP contribution in [0.15, 0.2) is 18.3 Å². The molecule has 8 nitrogen and oxygen atoms in total. The highest BCUT2D eigenvalue weighted by atomic mass is 16.5. The Balaban J connectivity index is 1.58. The van der Waals surface area contributed by atoms with Gasteiger partial charge in [-0.3, -0.25) is 9.59 Å².